The summed E-state index contributed by atoms with van der Waals surface area (Å²) < 4.78 is 0. The second-order valence-corrected chi connectivity index (χ2v) is 1.99. The SMILES string of the molecule is OCC=Cc1ncccc1O. The number of hydrogen-bond donors (Lipinski definition) is 2. The Balaban J connectivity index is 2.86. The van der Waals surface area contributed by atoms with Crippen LogP contribution >= 0.6 is 0 Å². The van der Waals surface area contributed by atoms with Gasteiger partial charge in [-0.05, 0) is 18.2 Å². The maximum absolute atomic E-state index is 9.14. The molecule has 0 radical (unpaired) electrons. The van der Waals surface area contributed by atoms with Crippen molar-refractivity contribution in [1.82, 2.24) is 4.98 Å². The number of rotatable bonds is 2. The van der Waals surface area contributed by atoms with E-state index in [1.54, 1.807) is 24.4 Å². The second-order valence-electron chi connectivity index (χ2n) is 1.99. The minimum absolute atomic E-state index is 0.0456. The van der Waals surface area contributed by atoms with E-state index in [-0.39, 0.29) is 12.4 Å². The van der Waals surface area contributed by atoms with Gasteiger partial charge in [0.1, 0.15) is 11.4 Å². The Morgan fingerprint density at radius 3 is 3.00 bits per heavy atom. The van der Waals surface area contributed by atoms with Crippen molar-refractivity contribution >= 4 is 6.08 Å². The Morgan fingerprint density at radius 1 is 1.55 bits per heavy atom. The molecule has 0 saturated carbocycles. The zero-order valence-electron chi connectivity index (χ0n) is 5.94. The molecule has 0 aliphatic heterocycles. The van der Waals surface area contributed by atoms with E-state index in [1.165, 1.54) is 6.08 Å². The lowest BCUT2D eigenvalue weighted by Gasteiger charge is -1.94. The fourth-order valence-corrected chi connectivity index (χ4v) is 0.702. The van der Waals surface area contributed by atoms with Crippen LogP contribution in [0.25, 0.3) is 6.08 Å². The Labute approximate surface area is 64.6 Å². The van der Waals surface area contributed by atoms with Gasteiger partial charge in [-0.15, -0.1) is 0 Å². The molecule has 0 spiro atoms. The quantitative estimate of drug-likeness (QED) is 0.657. The summed E-state index contributed by atoms with van der Waals surface area (Å²) in [5, 5.41) is 17.6. The highest BCUT2D eigenvalue weighted by Gasteiger charge is 1.93. The standard InChI is InChI=1S/C8H9NO2/c10-6-2-3-7-8(11)4-1-5-9-7/h1-5,10-11H,6H2. The van der Waals surface area contributed by atoms with Crippen molar-refractivity contribution in [1.29, 1.82) is 0 Å². The molecule has 0 aliphatic carbocycles. The monoisotopic (exact) mass is 151 g/mol. The number of aliphatic hydroxyl groups is 1. The van der Waals surface area contributed by atoms with Crippen molar-refractivity contribution in [3.05, 3.63) is 30.1 Å². The Bertz CT molecular complexity index is 258. The molecule has 0 saturated heterocycles. The van der Waals surface area contributed by atoms with E-state index in [0.717, 1.165) is 0 Å². The van der Waals surface area contributed by atoms with Crippen LogP contribution < -0.4 is 0 Å². The van der Waals surface area contributed by atoms with Crippen molar-refractivity contribution in [3.63, 3.8) is 0 Å². The minimum atomic E-state index is -0.0456. The van der Waals surface area contributed by atoms with E-state index in [0.29, 0.717) is 5.69 Å². The van der Waals surface area contributed by atoms with Crippen LogP contribution in [0.3, 0.4) is 0 Å². The predicted octanol–water partition coefficient (Wildman–Crippen LogP) is 0.793. The normalized spacial score (nSPS) is 10.6. The molecule has 0 atom stereocenters. The molecule has 58 valence electrons. The Kier molecular flexibility index (Phi) is 2.63. The topological polar surface area (TPSA) is 53.4 Å². The largest absolute Gasteiger partial charge is 0.506 e. The van der Waals surface area contributed by atoms with Crippen LogP contribution in [-0.2, 0) is 0 Å². The molecule has 0 aliphatic rings. The smallest absolute Gasteiger partial charge is 0.141 e. The minimum Gasteiger partial charge on any atom is -0.506 e. The van der Waals surface area contributed by atoms with Gasteiger partial charge in [-0.25, -0.2) is 0 Å². The highest BCUT2D eigenvalue weighted by Crippen LogP contribution is 2.13. The summed E-state index contributed by atoms with van der Waals surface area (Å²) in [6, 6.07) is 3.19. The molecule has 0 aromatic carbocycles. The fourth-order valence-electron chi connectivity index (χ4n) is 0.702. The van der Waals surface area contributed by atoms with Crippen LogP contribution in [0.4, 0.5) is 0 Å². The molecule has 1 heterocycles. The molecule has 0 unspecified atom stereocenters. The van der Waals surface area contributed by atoms with Gasteiger partial charge in [0.05, 0.1) is 6.61 Å². The number of aliphatic hydroxyl groups excluding tert-OH is 1. The molecule has 2 N–H and O–H groups in total. The van der Waals surface area contributed by atoms with Gasteiger partial charge in [-0.3, -0.25) is 4.98 Å². The third kappa shape index (κ3) is 2.05. The van der Waals surface area contributed by atoms with Crippen LogP contribution in [0.1, 0.15) is 5.69 Å². The average molecular weight is 151 g/mol. The van der Waals surface area contributed by atoms with Gasteiger partial charge in [-0.2, -0.15) is 0 Å². The van der Waals surface area contributed by atoms with Gasteiger partial charge >= 0.3 is 0 Å². The Hall–Kier alpha value is -1.35. The number of aromatic hydroxyl groups is 1. The first-order valence-electron chi connectivity index (χ1n) is 3.26. The van der Waals surface area contributed by atoms with Crippen molar-refractivity contribution in [2.75, 3.05) is 6.61 Å². The van der Waals surface area contributed by atoms with Crippen LogP contribution in [0.15, 0.2) is 24.4 Å². The third-order valence-corrected chi connectivity index (χ3v) is 1.20. The predicted molar refractivity (Wildman–Crippen MR) is 42.0 cm³/mol. The summed E-state index contributed by atoms with van der Waals surface area (Å²) in [7, 11) is 0. The van der Waals surface area contributed by atoms with E-state index in [4.69, 9.17) is 10.2 Å². The number of nitrogens with zero attached hydrogens (tertiary/aromatic N) is 1. The molecule has 1 aromatic heterocycles. The average Bonchev–Trinajstić information content (AvgIpc) is 2.03. The van der Waals surface area contributed by atoms with Gasteiger partial charge in [-0.1, -0.05) is 6.08 Å². The molecule has 1 rings (SSSR count). The van der Waals surface area contributed by atoms with E-state index in [1.807, 2.05) is 0 Å². The van der Waals surface area contributed by atoms with Gasteiger partial charge in [0.15, 0.2) is 0 Å². The van der Waals surface area contributed by atoms with E-state index in [2.05, 4.69) is 4.98 Å². The molecular formula is C8H9NO2. The van der Waals surface area contributed by atoms with Crippen LogP contribution in [0.5, 0.6) is 5.75 Å². The molecule has 0 fully saturated rings. The van der Waals surface area contributed by atoms with Crippen LogP contribution in [-0.4, -0.2) is 21.8 Å². The first-order valence-corrected chi connectivity index (χ1v) is 3.26. The van der Waals surface area contributed by atoms with Gasteiger partial charge in [0, 0.05) is 6.20 Å². The summed E-state index contributed by atoms with van der Waals surface area (Å²) in [5.74, 6) is 0.122. The zero-order valence-corrected chi connectivity index (χ0v) is 5.94. The number of hydrogen-bond acceptors (Lipinski definition) is 3. The van der Waals surface area contributed by atoms with Crippen LogP contribution in [0, 0.1) is 0 Å². The Morgan fingerprint density at radius 2 is 2.36 bits per heavy atom. The lowest BCUT2D eigenvalue weighted by Crippen LogP contribution is -1.80. The fraction of sp³-hybridized carbons (Fsp3) is 0.125. The van der Waals surface area contributed by atoms with Gasteiger partial charge in [0.25, 0.3) is 0 Å². The molecule has 1 aromatic rings. The summed E-state index contributed by atoms with van der Waals surface area (Å²) in [6.07, 6.45) is 4.66. The van der Waals surface area contributed by atoms with Gasteiger partial charge < -0.3 is 10.2 Å². The van der Waals surface area contributed by atoms with E-state index in [9.17, 15) is 0 Å². The molecule has 0 bridgehead atoms. The highest BCUT2D eigenvalue weighted by atomic mass is 16.3. The molecule has 3 heteroatoms. The van der Waals surface area contributed by atoms with Crippen LogP contribution in [0.2, 0.25) is 0 Å². The lowest BCUT2D eigenvalue weighted by molar-refractivity contribution is 0.343. The third-order valence-electron chi connectivity index (χ3n) is 1.20. The van der Waals surface area contributed by atoms with Crippen molar-refractivity contribution < 1.29 is 10.2 Å². The highest BCUT2D eigenvalue weighted by molar-refractivity contribution is 5.51. The summed E-state index contributed by atoms with van der Waals surface area (Å²) in [5.41, 5.74) is 0.474. The first-order chi connectivity index (χ1) is 5.34. The first kappa shape index (κ1) is 7.75. The maximum Gasteiger partial charge on any atom is 0.141 e. The van der Waals surface area contributed by atoms with Crippen molar-refractivity contribution in [3.8, 4) is 5.75 Å². The maximum atomic E-state index is 9.14. The van der Waals surface area contributed by atoms with Crippen molar-refractivity contribution in [2.45, 2.75) is 0 Å². The number of pyridine rings is 1. The molecular weight excluding hydrogens is 142 g/mol. The molecule has 3 nitrogen and oxygen atoms in total. The summed E-state index contributed by atoms with van der Waals surface area (Å²) in [4.78, 5) is 3.87. The zero-order chi connectivity index (χ0) is 8.10. The summed E-state index contributed by atoms with van der Waals surface area (Å²) >= 11 is 0. The number of aromatic nitrogens is 1. The van der Waals surface area contributed by atoms with Gasteiger partial charge in [0.2, 0.25) is 0 Å². The lowest BCUT2D eigenvalue weighted by atomic mass is 10.3. The second kappa shape index (κ2) is 3.73. The van der Waals surface area contributed by atoms with E-state index < -0.39 is 0 Å². The summed E-state index contributed by atoms with van der Waals surface area (Å²) in [6.45, 7) is -0.0456. The van der Waals surface area contributed by atoms with Crippen molar-refractivity contribution in [2.24, 2.45) is 0 Å². The molecule has 11 heavy (non-hydrogen) atoms. The van der Waals surface area contributed by atoms with E-state index >= 15 is 0 Å². The molecule has 0 amide bonds.